The SMILES string of the molecule is CC(N)C(N(C)Cc1ccccc1Br)C(F)(F)F. The van der Waals surface area contributed by atoms with E-state index in [1.54, 1.807) is 18.2 Å². The first-order chi connectivity index (χ1) is 8.23. The molecule has 2 N–H and O–H groups in total. The number of nitrogens with two attached hydrogens (primary N) is 1. The molecule has 0 heterocycles. The number of halogens is 4. The van der Waals surface area contributed by atoms with E-state index < -0.39 is 18.3 Å². The molecule has 0 spiro atoms. The third-order valence-electron chi connectivity index (χ3n) is 2.69. The van der Waals surface area contributed by atoms with Gasteiger partial charge in [0.1, 0.15) is 6.04 Å². The van der Waals surface area contributed by atoms with Gasteiger partial charge in [-0.15, -0.1) is 0 Å². The van der Waals surface area contributed by atoms with Crippen LogP contribution in [0.1, 0.15) is 12.5 Å². The number of benzene rings is 1. The summed E-state index contributed by atoms with van der Waals surface area (Å²) >= 11 is 3.32. The molecule has 2 atom stereocenters. The lowest BCUT2D eigenvalue weighted by Gasteiger charge is -2.32. The molecule has 0 aliphatic carbocycles. The molecule has 0 saturated carbocycles. The van der Waals surface area contributed by atoms with Gasteiger partial charge in [-0.25, -0.2) is 0 Å². The van der Waals surface area contributed by atoms with Crippen molar-refractivity contribution in [2.24, 2.45) is 5.73 Å². The predicted octanol–water partition coefficient (Wildman–Crippen LogP) is 3.16. The molecule has 6 heteroatoms. The molecule has 2 unspecified atom stereocenters. The minimum atomic E-state index is -4.33. The fourth-order valence-corrected chi connectivity index (χ4v) is 2.35. The van der Waals surface area contributed by atoms with E-state index in [0.29, 0.717) is 0 Å². The van der Waals surface area contributed by atoms with E-state index in [4.69, 9.17) is 5.73 Å². The minimum Gasteiger partial charge on any atom is -0.326 e. The third kappa shape index (κ3) is 3.96. The van der Waals surface area contributed by atoms with Crippen molar-refractivity contribution in [3.63, 3.8) is 0 Å². The maximum atomic E-state index is 12.9. The molecule has 0 aromatic heterocycles. The fraction of sp³-hybridized carbons (Fsp3) is 0.500. The summed E-state index contributed by atoms with van der Waals surface area (Å²) in [5.41, 5.74) is 6.24. The molecule has 18 heavy (non-hydrogen) atoms. The van der Waals surface area contributed by atoms with Crippen LogP contribution in [-0.2, 0) is 6.54 Å². The first-order valence-electron chi connectivity index (χ1n) is 5.49. The molecule has 1 rings (SSSR count). The van der Waals surface area contributed by atoms with Gasteiger partial charge in [-0.05, 0) is 25.6 Å². The van der Waals surface area contributed by atoms with Gasteiger partial charge >= 0.3 is 6.18 Å². The quantitative estimate of drug-likeness (QED) is 0.921. The lowest BCUT2D eigenvalue weighted by molar-refractivity contribution is -0.186. The highest BCUT2D eigenvalue weighted by molar-refractivity contribution is 9.10. The highest BCUT2D eigenvalue weighted by Crippen LogP contribution is 2.28. The predicted molar refractivity (Wildman–Crippen MR) is 69.1 cm³/mol. The van der Waals surface area contributed by atoms with E-state index in [2.05, 4.69) is 15.9 Å². The molecule has 1 aromatic rings. The Bertz CT molecular complexity index is 393. The standard InChI is InChI=1S/C12H16BrF3N2/c1-8(17)11(12(14,15)16)18(2)7-9-5-3-4-6-10(9)13/h3-6,8,11H,7,17H2,1-2H3. The van der Waals surface area contributed by atoms with Gasteiger partial charge < -0.3 is 5.73 Å². The lowest BCUT2D eigenvalue weighted by Crippen LogP contribution is -2.53. The van der Waals surface area contributed by atoms with E-state index in [0.717, 1.165) is 10.0 Å². The van der Waals surface area contributed by atoms with Crippen LogP contribution in [0, 0.1) is 0 Å². The van der Waals surface area contributed by atoms with E-state index in [1.165, 1.54) is 18.9 Å². The topological polar surface area (TPSA) is 29.3 Å². The number of rotatable bonds is 4. The summed E-state index contributed by atoms with van der Waals surface area (Å²) in [6.07, 6.45) is -4.33. The molecular weight excluding hydrogens is 309 g/mol. The number of nitrogens with zero attached hydrogens (tertiary/aromatic N) is 1. The Morgan fingerprint density at radius 3 is 2.33 bits per heavy atom. The van der Waals surface area contributed by atoms with Gasteiger partial charge in [0.2, 0.25) is 0 Å². The zero-order valence-electron chi connectivity index (χ0n) is 10.2. The normalized spacial score (nSPS) is 15.8. The van der Waals surface area contributed by atoms with Gasteiger partial charge in [-0.3, -0.25) is 4.90 Å². The van der Waals surface area contributed by atoms with Gasteiger partial charge in [0, 0.05) is 17.1 Å². The summed E-state index contributed by atoms with van der Waals surface area (Å²) in [5, 5.41) is 0. The van der Waals surface area contributed by atoms with Gasteiger partial charge in [0.25, 0.3) is 0 Å². The van der Waals surface area contributed by atoms with Crippen molar-refractivity contribution in [3.05, 3.63) is 34.3 Å². The zero-order valence-corrected chi connectivity index (χ0v) is 11.8. The van der Waals surface area contributed by atoms with Crippen LogP contribution < -0.4 is 5.73 Å². The smallest absolute Gasteiger partial charge is 0.326 e. The Kier molecular flexibility index (Phi) is 5.19. The lowest BCUT2D eigenvalue weighted by atomic mass is 10.1. The summed E-state index contributed by atoms with van der Waals surface area (Å²) in [6.45, 7) is 1.56. The minimum absolute atomic E-state index is 0.188. The van der Waals surface area contributed by atoms with Crippen LogP contribution in [0.5, 0.6) is 0 Å². The monoisotopic (exact) mass is 324 g/mol. The Morgan fingerprint density at radius 2 is 1.89 bits per heavy atom. The van der Waals surface area contributed by atoms with Crippen molar-refractivity contribution in [1.82, 2.24) is 4.90 Å². The van der Waals surface area contributed by atoms with Crippen LogP contribution in [0.25, 0.3) is 0 Å². The molecule has 0 radical (unpaired) electrons. The van der Waals surface area contributed by atoms with Crippen molar-refractivity contribution in [2.75, 3.05) is 7.05 Å². The highest BCUT2D eigenvalue weighted by atomic mass is 79.9. The van der Waals surface area contributed by atoms with Crippen LogP contribution in [0.2, 0.25) is 0 Å². The molecule has 0 amide bonds. The van der Waals surface area contributed by atoms with Gasteiger partial charge in [0.05, 0.1) is 0 Å². The molecule has 1 aromatic carbocycles. The second-order valence-electron chi connectivity index (χ2n) is 4.35. The average molecular weight is 325 g/mol. The molecule has 0 bridgehead atoms. The summed E-state index contributed by atoms with van der Waals surface area (Å²) in [7, 11) is 1.43. The fourth-order valence-electron chi connectivity index (χ4n) is 1.94. The Balaban J connectivity index is 2.86. The second kappa shape index (κ2) is 6.04. The Hall–Kier alpha value is -0.590. The zero-order chi connectivity index (χ0) is 13.9. The highest BCUT2D eigenvalue weighted by Gasteiger charge is 2.44. The van der Waals surface area contributed by atoms with Crippen LogP contribution in [0.15, 0.2) is 28.7 Å². The average Bonchev–Trinajstić information content (AvgIpc) is 2.18. The molecule has 0 fully saturated rings. The summed E-state index contributed by atoms with van der Waals surface area (Å²) in [5.74, 6) is 0. The Morgan fingerprint density at radius 1 is 1.33 bits per heavy atom. The number of hydrogen-bond acceptors (Lipinski definition) is 2. The number of likely N-dealkylation sites (N-methyl/N-ethyl adjacent to an activating group) is 1. The van der Waals surface area contributed by atoms with Gasteiger partial charge in [0.15, 0.2) is 0 Å². The first-order valence-corrected chi connectivity index (χ1v) is 6.28. The van der Waals surface area contributed by atoms with Crippen LogP contribution in [0.3, 0.4) is 0 Å². The second-order valence-corrected chi connectivity index (χ2v) is 5.21. The van der Waals surface area contributed by atoms with E-state index >= 15 is 0 Å². The summed E-state index contributed by atoms with van der Waals surface area (Å²) in [6, 6.07) is 4.58. The van der Waals surface area contributed by atoms with Crippen molar-refractivity contribution in [2.45, 2.75) is 31.7 Å². The number of alkyl halides is 3. The van der Waals surface area contributed by atoms with Gasteiger partial charge in [-0.2, -0.15) is 13.2 Å². The molecule has 0 aliphatic rings. The maximum Gasteiger partial charge on any atom is 0.405 e. The molecule has 0 saturated heterocycles. The third-order valence-corrected chi connectivity index (χ3v) is 3.46. The molecule has 2 nitrogen and oxygen atoms in total. The van der Waals surface area contributed by atoms with Crippen LogP contribution >= 0.6 is 15.9 Å². The first kappa shape index (κ1) is 15.5. The van der Waals surface area contributed by atoms with Crippen molar-refractivity contribution in [1.29, 1.82) is 0 Å². The van der Waals surface area contributed by atoms with Crippen LogP contribution in [-0.4, -0.2) is 30.2 Å². The van der Waals surface area contributed by atoms with Crippen molar-refractivity contribution >= 4 is 15.9 Å². The largest absolute Gasteiger partial charge is 0.405 e. The van der Waals surface area contributed by atoms with E-state index in [1.807, 2.05) is 6.07 Å². The molecular formula is C12H16BrF3N2. The molecule has 102 valence electrons. The van der Waals surface area contributed by atoms with Crippen molar-refractivity contribution < 1.29 is 13.2 Å². The number of hydrogen-bond donors (Lipinski definition) is 1. The van der Waals surface area contributed by atoms with Gasteiger partial charge in [-0.1, -0.05) is 34.1 Å². The maximum absolute atomic E-state index is 12.9. The summed E-state index contributed by atoms with van der Waals surface area (Å²) in [4.78, 5) is 1.23. The molecule has 0 aliphatic heterocycles. The van der Waals surface area contributed by atoms with Crippen LogP contribution in [0.4, 0.5) is 13.2 Å². The summed E-state index contributed by atoms with van der Waals surface area (Å²) < 4.78 is 39.5. The van der Waals surface area contributed by atoms with E-state index in [9.17, 15) is 13.2 Å². The van der Waals surface area contributed by atoms with Crippen molar-refractivity contribution in [3.8, 4) is 0 Å². The Labute approximate surface area is 113 Å². The van der Waals surface area contributed by atoms with E-state index in [-0.39, 0.29) is 6.54 Å².